The van der Waals surface area contributed by atoms with Crippen LogP contribution in [0, 0.1) is 0 Å². The van der Waals surface area contributed by atoms with E-state index in [0.29, 0.717) is 5.82 Å². The second-order valence-corrected chi connectivity index (χ2v) is 10.3. The number of aromatic nitrogens is 6. The van der Waals surface area contributed by atoms with Gasteiger partial charge in [-0.1, -0.05) is 60.7 Å². The maximum absolute atomic E-state index is 4.85. The SMILES string of the molecule is c1ccc(-c2cc(-c3ncc(-c4ccc(-n5c6ccccc6c6ccccc65)cc4)cn3)cc(-c3ccccn3)n2)nc1. The standard InChI is InChI=1S/C37H24N6/c1-3-13-35-29(9-1)30-10-2-4-14-36(30)43(35)28-17-15-25(16-18-28)27-23-40-37(41-24-27)26-21-33(31-11-5-7-19-38-31)42-34(22-26)32-12-6-8-20-39-32/h1-24H. The number of benzene rings is 3. The van der Waals surface area contributed by atoms with Gasteiger partial charge in [0.1, 0.15) is 0 Å². The highest BCUT2D eigenvalue weighted by Gasteiger charge is 2.14. The van der Waals surface area contributed by atoms with Crippen LogP contribution in [0.1, 0.15) is 0 Å². The first-order chi connectivity index (χ1) is 21.3. The van der Waals surface area contributed by atoms with E-state index in [2.05, 4.69) is 87.3 Å². The highest BCUT2D eigenvalue weighted by Crippen LogP contribution is 2.33. The zero-order valence-electron chi connectivity index (χ0n) is 23.0. The molecule has 0 fully saturated rings. The molecule has 0 radical (unpaired) electrons. The van der Waals surface area contributed by atoms with Crippen LogP contribution in [-0.2, 0) is 0 Å². The molecule has 0 saturated heterocycles. The van der Waals surface area contributed by atoms with Crippen LogP contribution in [0.4, 0.5) is 0 Å². The van der Waals surface area contributed by atoms with Crippen molar-refractivity contribution < 1.29 is 0 Å². The molecule has 202 valence electrons. The summed E-state index contributed by atoms with van der Waals surface area (Å²) >= 11 is 0. The molecule has 0 aliphatic rings. The number of hydrogen-bond acceptors (Lipinski definition) is 5. The second-order valence-electron chi connectivity index (χ2n) is 10.3. The van der Waals surface area contributed by atoms with Crippen molar-refractivity contribution in [2.75, 3.05) is 0 Å². The van der Waals surface area contributed by atoms with Gasteiger partial charge in [-0.05, 0) is 66.2 Å². The van der Waals surface area contributed by atoms with Crippen molar-refractivity contribution in [2.24, 2.45) is 0 Å². The topological polar surface area (TPSA) is 69.4 Å². The van der Waals surface area contributed by atoms with E-state index in [0.717, 1.165) is 45.2 Å². The van der Waals surface area contributed by atoms with Crippen molar-refractivity contribution in [2.45, 2.75) is 0 Å². The monoisotopic (exact) mass is 552 g/mol. The maximum Gasteiger partial charge on any atom is 0.159 e. The Labute approximate surface area is 248 Å². The molecule has 0 saturated carbocycles. The Bertz CT molecular complexity index is 2090. The van der Waals surface area contributed by atoms with Crippen molar-refractivity contribution in [1.29, 1.82) is 0 Å². The summed E-state index contributed by atoms with van der Waals surface area (Å²) in [7, 11) is 0. The van der Waals surface area contributed by atoms with Crippen LogP contribution >= 0.6 is 0 Å². The van der Waals surface area contributed by atoms with E-state index in [1.807, 2.05) is 60.9 Å². The Kier molecular flexibility index (Phi) is 6.01. The van der Waals surface area contributed by atoms with Crippen molar-refractivity contribution >= 4 is 21.8 Å². The molecule has 5 heterocycles. The van der Waals surface area contributed by atoms with Gasteiger partial charge in [0.15, 0.2) is 5.82 Å². The van der Waals surface area contributed by atoms with Gasteiger partial charge in [0.2, 0.25) is 0 Å². The lowest BCUT2D eigenvalue weighted by molar-refractivity contribution is 1.16. The van der Waals surface area contributed by atoms with E-state index in [9.17, 15) is 0 Å². The van der Waals surface area contributed by atoms with Gasteiger partial charge in [0.05, 0.1) is 33.8 Å². The molecule has 0 aliphatic carbocycles. The fourth-order valence-corrected chi connectivity index (χ4v) is 5.58. The molecule has 0 unspecified atom stereocenters. The number of pyridine rings is 3. The number of rotatable bonds is 5. The quantitative estimate of drug-likeness (QED) is 0.214. The van der Waals surface area contributed by atoms with E-state index < -0.39 is 0 Å². The van der Waals surface area contributed by atoms with E-state index in [1.54, 1.807) is 12.4 Å². The van der Waals surface area contributed by atoms with Crippen LogP contribution in [0.3, 0.4) is 0 Å². The molecule has 5 aromatic heterocycles. The van der Waals surface area contributed by atoms with E-state index in [-0.39, 0.29) is 0 Å². The van der Waals surface area contributed by atoms with Crippen LogP contribution in [0.5, 0.6) is 0 Å². The first kappa shape index (κ1) is 24.8. The maximum atomic E-state index is 4.85. The van der Waals surface area contributed by atoms with Gasteiger partial charge in [0.25, 0.3) is 0 Å². The van der Waals surface area contributed by atoms with E-state index in [1.165, 1.54) is 21.8 Å². The largest absolute Gasteiger partial charge is 0.309 e. The molecular weight excluding hydrogens is 528 g/mol. The lowest BCUT2D eigenvalue weighted by Gasteiger charge is -2.10. The molecule has 0 bridgehead atoms. The molecule has 0 aliphatic heterocycles. The Morgan fingerprint density at radius 3 is 1.49 bits per heavy atom. The first-order valence-corrected chi connectivity index (χ1v) is 14.1. The predicted molar refractivity (Wildman–Crippen MR) is 171 cm³/mol. The van der Waals surface area contributed by atoms with Gasteiger partial charge in [-0.3, -0.25) is 9.97 Å². The number of hydrogen-bond donors (Lipinski definition) is 0. The van der Waals surface area contributed by atoms with Gasteiger partial charge < -0.3 is 4.57 Å². The minimum atomic E-state index is 0.613. The Balaban J connectivity index is 1.15. The number of para-hydroxylation sites is 2. The van der Waals surface area contributed by atoms with Gasteiger partial charge in [-0.25, -0.2) is 15.0 Å². The van der Waals surface area contributed by atoms with Crippen molar-refractivity contribution in [3.8, 4) is 51.0 Å². The molecule has 0 amide bonds. The normalized spacial score (nSPS) is 11.3. The highest BCUT2D eigenvalue weighted by atomic mass is 15.0. The molecule has 0 spiro atoms. The van der Waals surface area contributed by atoms with Crippen LogP contribution in [0.2, 0.25) is 0 Å². The summed E-state index contributed by atoms with van der Waals surface area (Å²) in [6.45, 7) is 0. The van der Waals surface area contributed by atoms with Gasteiger partial charge in [-0.15, -0.1) is 0 Å². The first-order valence-electron chi connectivity index (χ1n) is 14.1. The van der Waals surface area contributed by atoms with Gasteiger partial charge in [-0.2, -0.15) is 0 Å². The highest BCUT2D eigenvalue weighted by molar-refractivity contribution is 6.09. The minimum Gasteiger partial charge on any atom is -0.309 e. The zero-order valence-corrected chi connectivity index (χ0v) is 23.0. The zero-order chi connectivity index (χ0) is 28.6. The molecule has 0 atom stereocenters. The van der Waals surface area contributed by atoms with Crippen LogP contribution < -0.4 is 0 Å². The van der Waals surface area contributed by atoms with Gasteiger partial charge >= 0.3 is 0 Å². The molecule has 6 heteroatoms. The van der Waals surface area contributed by atoms with Crippen LogP contribution in [0.25, 0.3) is 72.8 Å². The summed E-state index contributed by atoms with van der Waals surface area (Å²) in [5.74, 6) is 0.613. The van der Waals surface area contributed by atoms with Crippen LogP contribution in [-0.4, -0.2) is 29.5 Å². The van der Waals surface area contributed by atoms with Crippen molar-refractivity contribution in [3.63, 3.8) is 0 Å². The lowest BCUT2D eigenvalue weighted by Crippen LogP contribution is -1.96. The number of nitrogens with zero attached hydrogens (tertiary/aromatic N) is 6. The molecule has 0 N–H and O–H groups in total. The molecule has 6 nitrogen and oxygen atoms in total. The van der Waals surface area contributed by atoms with Crippen LogP contribution in [0.15, 0.2) is 146 Å². The lowest BCUT2D eigenvalue weighted by atomic mass is 10.1. The molecular formula is C37H24N6. The summed E-state index contributed by atoms with van der Waals surface area (Å²) in [5, 5.41) is 2.50. The third-order valence-electron chi connectivity index (χ3n) is 7.63. The molecule has 8 aromatic rings. The fourth-order valence-electron chi connectivity index (χ4n) is 5.58. The smallest absolute Gasteiger partial charge is 0.159 e. The summed E-state index contributed by atoms with van der Waals surface area (Å²) < 4.78 is 2.32. The number of fused-ring (bicyclic) bond motifs is 3. The Hall–Kier alpha value is -6.01. The summed E-state index contributed by atoms with van der Waals surface area (Å²) in [6.07, 6.45) is 7.28. The average molecular weight is 553 g/mol. The summed E-state index contributed by atoms with van der Waals surface area (Å²) in [4.78, 5) is 23.4. The van der Waals surface area contributed by atoms with Crippen molar-refractivity contribution in [1.82, 2.24) is 29.5 Å². The van der Waals surface area contributed by atoms with Gasteiger partial charge in [0, 0.05) is 52.4 Å². The Morgan fingerprint density at radius 1 is 0.419 bits per heavy atom. The second kappa shape index (κ2) is 10.4. The molecule has 3 aromatic carbocycles. The Morgan fingerprint density at radius 2 is 0.953 bits per heavy atom. The summed E-state index contributed by atoms with van der Waals surface area (Å²) in [5.41, 5.74) is 9.38. The van der Waals surface area contributed by atoms with E-state index in [4.69, 9.17) is 15.0 Å². The third kappa shape index (κ3) is 4.51. The fraction of sp³-hybridized carbons (Fsp3) is 0. The molecule has 43 heavy (non-hydrogen) atoms. The summed E-state index contributed by atoms with van der Waals surface area (Å²) in [6, 6.07) is 41.2. The van der Waals surface area contributed by atoms with E-state index >= 15 is 0 Å². The molecule has 8 rings (SSSR count). The minimum absolute atomic E-state index is 0.613. The predicted octanol–water partition coefficient (Wildman–Crippen LogP) is 8.43. The average Bonchev–Trinajstić information content (AvgIpc) is 3.43. The third-order valence-corrected chi connectivity index (χ3v) is 7.63. The van der Waals surface area contributed by atoms with Crippen molar-refractivity contribution in [3.05, 3.63) is 146 Å².